The molecule has 0 saturated carbocycles. The second kappa shape index (κ2) is 9.30. The molecule has 4 rings (SSSR count). The first-order valence-corrected chi connectivity index (χ1v) is 11.9. The van der Waals surface area contributed by atoms with Crippen molar-refractivity contribution in [3.63, 3.8) is 0 Å². The summed E-state index contributed by atoms with van der Waals surface area (Å²) >= 11 is 0. The van der Waals surface area contributed by atoms with Gasteiger partial charge in [0.25, 0.3) is 10.0 Å². The van der Waals surface area contributed by atoms with Gasteiger partial charge >= 0.3 is 0 Å². The molecule has 0 saturated heterocycles. The molecule has 0 fully saturated rings. The third kappa shape index (κ3) is 5.87. The van der Waals surface area contributed by atoms with Crippen LogP contribution in [0.2, 0.25) is 0 Å². The van der Waals surface area contributed by atoms with Gasteiger partial charge in [0.1, 0.15) is 17.5 Å². The summed E-state index contributed by atoms with van der Waals surface area (Å²) in [5, 5.41) is 6.53. The van der Waals surface area contributed by atoms with Crippen LogP contribution in [0.3, 0.4) is 0 Å². The Hall–Kier alpha value is -3.91. The summed E-state index contributed by atoms with van der Waals surface area (Å²) in [5.41, 5.74) is 4.26. The summed E-state index contributed by atoms with van der Waals surface area (Å²) in [6.07, 6.45) is 0. The van der Waals surface area contributed by atoms with Gasteiger partial charge in [0.05, 0.1) is 4.90 Å². The van der Waals surface area contributed by atoms with Crippen molar-refractivity contribution in [1.29, 1.82) is 0 Å². The molecular formula is C25H25N5O2S. The zero-order valence-corrected chi connectivity index (χ0v) is 19.4. The Morgan fingerprint density at radius 3 is 1.76 bits per heavy atom. The standard InChI is InChI=1S/C25H25N5O2S/c1-17-7-9-20(10-8-17)28-24-16-25(27-19(3)26-24)29-21-11-13-22(14-12-21)30-33(31,32)23-6-4-5-18(2)15-23/h4-16,30H,1-3H3,(H2,26,27,28,29). The van der Waals surface area contributed by atoms with Crippen LogP contribution in [0.5, 0.6) is 0 Å². The number of sulfonamides is 1. The van der Waals surface area contributed by atoms with E-state index in [-0.39, 0.29) is 4.90 Å². The second-order valence-electron chi connectivity index (χ2n) is 7.80. The number of anilines is 5. The first-order chi connectivity index (χ1) is 15.8. The van der Waals surface area contributed by atoms with Gasteiger partial charge in [0.15, 0.2) is 0 Å². The minimum absolute atomic E-state index is 0.231. The molecule has 0 aliphatic rings. The fourth-order valence-electron chi connectivity index (χ4n) is 3.25. The number of hydrogen-bond acceptors (Lipinski definition) is 6. The van der Waals surface area contributed by atoms with Crippen LogP contribution in [0.25, 0.3) is 0 Å². The highest BCUT2D eigenvalue weighted by atomic mass is 32.2. The highest BCUT2D eigenvalue weighted by molar-refractivity contribution is 7.92. The summed E-state index contributed by atoms with van der Waals surface area (Å²) in [6.45, 7) is 5.73. The van der Waals surface area contributed by atoms with E-state index in [1.54, 1.807) is 42.5 Å². The third-order valence-corrected chi connectivity index (χ3v) is 6.25. The molecule has 0 unspecified atom stereocenters. The average Bonchev–Trinajstić information content (AvgIpc) is 2.76. The number of nitrogens with one attached hydrogen (secondary N) is 3. The van der Waals surface area contributed by atoms with E-state index in [1.165, 1.54) is 5.56 Å². The predicted octanol–water partition coefficient (Wildman–Crippen LogP) is 5.69. The Morgan fingerprint density at radius 1 is 0.636 bits per heavy atom. The van der Waals surface area contributed by atoms with Crippen molar-refractivity contribution < 1.29 is 8.42 Å². The van der Waals surface area contributed by atoms with Gasteiger partial charge in [-0.2, -0.15) is 0 Å². The summed E-state index contributed by atoms with van der Waals surface area (Å²) in [7, 11) is -3.65. The molecular weight excluding hydrogens is 434 g/mol. The van der Waals surface area contributed by atoms with E-state index in [9.17, 15) is 8.42 Å². The van der Waals surface area contributed by atoms with E-state index in [0.29, 0.717) is 23.1 Å². The number of benzene rings is 3. The molecule has 0 atom stereocenters. The quantitative estimate of drug-likeness (QED) is 0.329. The van der Waals surface area contributed by atoms with Crippen LogP contribution >= 0.6 is 0 Å². The van der Waals surface area contributed by atoms with Crippen molar-refractivity contribution in [3.8, 4) is 0 Å². The van der Waals surface area contributed by atoms with Crippen LogP contribution in [-0.4, -0.2) is 18.4 Å². The second-order valence-corrected chi connectivity index (χ2v) is 9.48. The van der Waals surface area contributed by atoms with Crippen LogP contribution < -0.4 is 15.4 Å². The minimum Gasteiger partial charge on any atom is -0.340 e. The van der Waals surface area contributed by atoms with E-state index >= 15 is 0 Å². The monoisotopic (exact) mass is 459 g/mol. The smallest absolute Gasteiger partial charge is 0.261 e. The molecule has 1 heterocycles. The summed E-state index contributed by atoms with van der Waals surface area (Å²) in [4.78, 5) is 9.12. The molecule has 0 radical (unpaired) electrons. The number of rotatable bonds is 7. The molecule has 3 aromatic carbocycles. The zero-order valence-electron chi connectivity index (χ0n) is 18.6. The minimum atomic E-state index is -3.65. The van der Waals surface area contributed by atoms with Crippen molar-refractivity contribution in [2.45, 2.75) is 25.7 Å². The Morgan fingerprint density at radius 2 is 1.18 bits per heavy atom. The van der Waals surface area contributed by atoms with Crippen LogP contribution in [0.1, 0.15) is 17.0 Å². The van der Waals surface area contributed by atoms with E-state index in [4.69, 9.17) is 0 Å². The van der Waals surface area contributed by atoms with Gasteiger partial charge in [-0.05, 0) is 74.9 Å². The molecule has 0 aliphatic carbocycles. The summed E-state index contributed by atoms with van der Waals surface area (Å²) in [6, 6.07) is 23.7. The maximum absolute atomic E-state index is 12.6. The third-order valence-electron chi connectivity index (χ3n) is 4.87. The van der Waals surface area contributed by atoms with Gasteiger partial charge in [0, 0.05) is 23.1 Å². The molecule has 0 aliphatic heterocycles. The highest BCUT2D eigenvalue weighted by Gasteiger charge is 2.14. The molecule has 3 N–H and O–H groups in total. The highest BCUT2D eigenvalue weighted by Crippen LogP contribution is 2.23. The first kappa shape index (κ1) is 22.3. The topological polar surface area (TPSA) is 96.0 Å². The maximum atomic E-state index is 12.6. The molecule has 0 bridgehead atoms. The Bertz CT molecular complexity index is 1370. The molecule has 4 aromatic rings. The summed E-state index contributed by atoms with van der Waals surface area (Å²) in [5.74, 6) is 1.93. The average molecular weight is 460 g/mol. The number of hydrogen-bond donors (Lipinski definition) is 3. The summed E-state index contributed by atoms with van der Waals surface area (Å²) < 4.78 is 27.9. The molecule has 8 heteroatoms. The van der Waals surface area contributed by atoms with E-state index in [2.05, 4.69) is 25.3 Å². The van der Waals surface area contributed by atoms with Crippen molar-refractivity contribution in [1.82, 2.24) is 9.97 Å². The normalized spacial score (nSPS) is 11.1. The van der Waals surface area contributed by atoms with Gasteiger partial charge in [-0.1, -0.05) is 29.8 Å². The van der Waals surface area contributed by atoms with Gasteiger partial charge in [0.2, 0.25) is 0 Å². The van der Waals surface area contributed by atoms with E-state index in [1.807, 2.05) is 57.2 Å². The molecule has 0 amide bonds. The molecule has 33 heavy (non-hydrogen) atoms. The maximum Gasteiger partial charge on any atom is 0.261 e. The van der Waals surface area contributed by atoms with Crippen molar-refractivity contribution in [2.24, 2.45) is 0 Å². The van der Waals surface area contributed by atoms with Crippen LogP contribution in [0.15, 0.2) is 83.8 Å². The van der Waals surface area contributed by atoms with Gasteiger partial charge in [-0.25, -0.2) is 18.4 Å². The molecule has 7 nitrogen and oxygen atoms in total. The number of aryl methyl sites for hydroxylation is 3. The lowest BCUT2D eigenvalue weighted by atomic mass is 10.2. The molecule has 0 spiro atoms. The van der Waals surface area contributed by atoms with Gasteiger partial charge in [-0.3, -0.25) is 4.72 Å². The van der Waals surface area contributed by atoms with Crippen molar-refractivity contribution >= 4 is 38.7 Å². The van der Waals surface area contributed by atoms with Gasteiger partial charge < -0.3 is 10.6 Å². The molecule has 1 aromatic heterocycles. The Balaban J connectivity index is 1.46. The fourth-order valence-corrected chi connectivity index (χ4v) is 4.41. The van der Waals surface area contributed by atoms with Crippen LogP contribution in [-0.2, 0) is 10.0 Å². The number of nitrogens with zero attached hydrogens (tertiary/aromatic N) is 2. The lowest BCUT2D eigenvalue weighted by Gasteiger charge is -2.12. The number of aromatic nitrogens is 2. The zero-order chi connectivity index (χ0) is 23.4. The first-order valence-electron chi connectivity index (χ1n) is 10.4. The Kier molecular flexibility index (Phi) is 6.28. The van der Waals surface area contributed by atoms with E-state index < -0.39 is 10.0 Å². The fraction of sp³-hybridized carbons (Fsp3) is 0.120. The van der Waals surface area contributed by atoms with Crippen molar-refractivity contribution in [2.75, 3.05) is 15.4 Å². The van der Waals surface area contributed by atoms with Crippen molar-refractivity contribution in [3.05, 3.63) is 95.8 Å². The Labute approximate surface area is 194 Å². The van der Waals surface area contributed by atoms with Gasteiger partial charge in [-0.15, -0.1) is 0 Å². The molecule has 168 valence electrons. The largest absolute Gasteiger partial charge is 0.340 e. The van der Waals surface area contributed by atoms with E-state index in [0.717, 1.165) is 16.9 Å². The lowest BCUT2D eigenvalue weighted by Crippen LogP contribution is -2.13. The SMILES string of the molecule is Cc1ccc(Nc2cc(Nc3ccc(NS(=O)(=O)c4cccc(C)c4)cc3)nc(C)n2)cc1. The predicted molar refractivity (Wildman–Crippen MR) is 133 cm³/mol. The van der Waals surface area contributed by atoms with Crippen LogP contribution in [0, 0.1) is 20.8 Å². The lowest BCUT2D eigenvalue weighted by molar-refractivity contribution is 0.601. The van der Waals surface area contributed by atoms with Crippen LogP contribution in [0.4, 0.5) is 28.7 Å².